The molecule has 53 heavy (non-hydrogen) atoms. The molecule has 1 saturated carbocycles. The third kappa shape index (κ3) is 7.70. The van der Waals surface area contributed by atoms with Gasteiger partial charge in [-0.1, -0.05) is 36.4 Å². The summed E-state index contributed by atoms with van der Waals surface area (Å²) in [6.07, 6.45) is 5.07. The smallest absolute Gasteiger partial charge is 0.404 e. The maximum Gasteiger partial charge on any atom is 0.404 e. The van der Waals surface area contributed by atoms with Gasteiger partial charge in [0, 0.05) is 37.6 Å². The number of benzene rings is 2. The second-order valence-corrected chi connectivity index (χ2v) is 13.0. The molecule has 4 N–H and O–H groups in total. The maximum atomic E-state index is 14.5. The average Bonchev–Trinajstić information content (AvgIpc) is 3.58. The van der Waals surface area contributed by atoms with E-state index < -0.39 is 40.9 Å². The summed E-state index contributed by atoms with van der Waals surface area (Å²) in [6.45, 7) is 1.63. The van der Waals surface area contributed by atoms with Crippen LogP contribution >= 0.6 is 0 Å². The summed E-state index contributed by atoms with van der Waals surface area (Å²) >= 11 is 0. The Bertz CT molecular complexity index is 2430. The van der Waals surface area contributed by atoms with Crippen molar-refractivity contribution in [1.29, 1.82) is 0 Å². The molecule has 7 rings (SSSR count). The van der Waals surface area contributed by atoms with Crippen LogP contribution < -0.4 is 27.2 Å². The van der Waals surface area contributed by atoms with Crippen LogP contribution in [-0.2, 0) is 6.54 Å². The Kier molecular flexibility index (Phi) is 10.1. The van der Waals surface area contributed by atoms with Gasteiger partial charge in [0.25, 0.3) is 11.5 Å². The first-order valence-corrected chi connectivity index (χ1v) is 17.3. The molecule has 15 heteroatoms. The molecule has 0 unspecified atom stereocenters. The van der Waals surface area contributed by atoms with Gasteiger partial charge in [0.05, 0.1) is 17.3 Å². The molecule has 13 nitrogen and oxygen atoms in total. The van der Waals surface area contributed by atoms with Gasteiger partial charge in [0.1, 0.15) is 23.0 Å². The molecule has 272 valence electrons. The van der Waals surface area contributed by atoms with E-state index in [2.05, 4.69) is 25.9 Å². The van der Waals surface area contributed by atoms with Crippen LogP contribution in [0.5, 0.6) is 0 Å². The van der Waals surface area contributed by atoms with E-state index in [1.54, 1.807) is 12.1 Å². The number of halogens is 2. The highest BCUT2D eigenvalue weighted by Gasteiger charge is 2.28. The van der Waals surface area contributed by atoms with Gasteiger partial charge in [-0.3, -0.25) is 14.2 Å². The van der Waals surface area contributed by atoms with E-state index in [-0.39, 0.29) is 22.8 Å². The Hall–Kier alpha value is -6.22. The summed E-state index contributed by atoms with van der Waals surface area (Å²) in [7, 11) is 0. The van der Waals surface area contributed by atoms with Gasteiger partial charge in [-0.05, 0) is 85.7 Å². The molecular formula is C38H36F2N8O5. The van der Waals surface area contributed by atoms with Crippen molar-refractivity contribution in [2.45, 2.75) is 50.7 Å². The highest BCUT2D eigenvalue weighted by atomic mass is 19.1. The van der Waals surface area contributed by atoms with E-state index in [1.807, 2.05) is 36.4 Å². The molecule has 4 aromatic heterocycles. The average molecular weight is 723 g/mol. The number of carbonyl (C=O) groups excluding carboxylic acids is 1. The largest absolute Gasteiger partial charge is 0.465 e. The van der Waals surface area contributed by atoms with E-state index >= 15 is 0 Å². The molecule has 1 fully saturated rings. The number of fused-ring (bicyclic) bond motifs is 2. The van der Waals surface area contributed by atoms with Crippen LogP contribution in [0.2, 0.25) is 0 Å². The number of carboxylic acid groups (broad SMARTS) is 1. The predicted octanol–water partition coefficient (Wildman–Crippen LogP) is 4.80. The molecule has 2 aromatic carbocycles. The molecular weight excluding hydrogens is 686 g/mol. The van der Waals surface area contributed by atoms with Crippen LogP contribution in [0, 0.1) is 11.6 Å². The molecule has 1 aliphatic carbocycles. The molecule has 0 aliphatic heterocycles. The molecule has 0 atom stereocenters. The molecule has 0 radical (unpaired) electrons. The number of imidazole rings is 1. The van der Waals surface area contributed by atoms with Crippen LogP contribution in [0.3, 0.4) is 0 Å². The first kappa shape index (κ1) is 35.2. The number of nitrogens with zero attached hydrogens (tertiary/aromatic N) is 5. The summed E-state index contributed by atoms with van der Waals surface area (Å²) in [5, 5.41) is 17.2. The van der Waals surface area contributed by atoms with Crippen molar-refractivity contribution in [3.05, 3.63) is 129 Å². The molecule has 2 amide bonds. The first-order valence-electron chi connectivity index (χ1n) is 17.3. The topological polar surface area (TPSA) is 165 Å². The number of hydrogen-bond donors (Lipinski definition) is 4. The highest BCUT2D eigenvalue weighted by molar-refractivity contribution is 5.93. The third-order valence-corrected chi connectivity index (χ3v) is 9.46. The predicted molar refractivity (Wildman–Crippen MR) is 193 cm³/mol. The molecule has 4 heterocycles. The van der Waals surface area contributed by atoms with Gasteiger partial charge in [-0.2, -0.15) is 0 Å². The summed E-state index contributed by atoms with van der Waals surface area (Å²) in [5.41, 5.74) is 2.61. The van der Waals surface area contributed by atoms with Crippen molar-refractivity contribution in [3.8, 4) is 16.8 Å². The maximum absolute atomic E-state index is 14.5. The lowest BCUT2D eigenvalue weighted by atomic mass is 9.90. The second-order valence-electron chi connectivity index (χ2n) is 13.0. The fourth-order valence-electron chi connectivity index (χ4n) is 6.83. The van der Waals surface area contributed by atoms with Crippen molar-refractivity contribution in [2.24, 2.45) is 0 Å². The van der Waals surface area contributed by atoms with Crippen molar-refractivity contribution in [3.63, 3.8) is 0 Å². The van der Waals surface area contributed by atoms with Crippen molar-refractivity contribution < 1.29 is 23.5 Å². The quantitative estimate of drug-likeness (QED) is 0.139. The Balaban J connectivity index is 1.10. The van der Waals surface area contributed by atoms with Gasteiger partial charge >= 0.3 is 11.8 Å². The molecule has 1 aliphatic rings. The molecule has 6 aromatic rings. The third-order valence-electron chi connectivity index (χ3n) is 9.46. The fourth-order valence-corrected chi connectivity index (χ4v) is 6.83. The number of amides is 2. The van der Waals surface area contributed by atoms with E-state index in [9.17, 15) is 28.0 Å². The van der Waals surface area contributed by atoms with Gasteiger partial charge < -0.3 is 25.5 Å². The lowest BCUT2D eigenvalue weighted by Crippen LogP contribution is -2.45. The SMILES string of the molecule is O=C(O)NCCCNCc1ccc(-c2cccc(-n3c(=O)n(C4CCC(NC(=O)c5cn6cc(F)ccc6n5)CC4)c(=O)c4cc(F)cnc43)c2)cc1. The lowest BCUT2D eigenvalue weighted by Gasteiger charge is -2.30. The van der Waals surface area contributed by atoms with Gasteiger partial charge in [0.2, 0.25) is 0 Å². The highest BCUT2D eigenvalue weighted by Crippen LogP contribution is 2.28. The number of aromatic nitrogens is 5. The van der Waals surface area contributed by atoms with E-state index in [1.165, 1.54) is 38.1 Å². The molecule has 0 bridgehead atoms. The Labute approximate surface area is 300 Å². The minimum absolute atomic E-state index is 0.0238. The van der Waals surface area contributed by atoms with Crippen LogP contribution in [0.25, 0.3) is 33.5 Å². The fraction of sp³-hybridized carbons (Fsp3) is 0.263. The first-order chi connectivity index (χ1) is 25.6. The van der Waals surface area contributed by atoms with E-state index in [0.717, 1.165) is 29.0 Å². The normalized spacial score (nSPS) is 15.8. The van der Waals surface area contributed by atoms with Crippen LogP contribution in [0.1, 0.15) is 54.2 Å². The van der Waals surface area contributed by atoms with Crippen LogP contribution in [0.15, 0.2) is 94.9 Å². The van der Waals surface area contributed by atoms with E-state index in [0.29, 0.717) is 63.1 Å². The summed E-state index contributed by atoms with van der Waals surface area (Å²) < 4.78 is 32.1. The van der Waals surface area contributed by atoms with Crippen LogP contribution in [-0.4, -0.2) is 59.7 Å². The summed E-state index contributed by atoms with van der Waals surface area (Å²) in [6, 6.07) is 18.3. The molecule has 0 spiro atoms. The van der Waals surface area contributed by atoms with E-state index in [4.69, 9.17) is 5.11 Å². The number of hydrogen-bond acceptors (Lipinski definition) is 7. The number of carbonyl (C=O) groups is 2. The van der Waals surface area contributed by atoms with Crippen molar-refractivity contribution >= 4 is 28.7 Å². The zero-order valence-electron chi connectivity index (χ0n) is 28.5. The van der Waals surface area contributed by atoms with Crippen molar-refractivity contribution in [1.82, 2.24) is 39.5 Å². The zero-order chi connectivity index (χ0) is 37.1. The Morgan fingerprint density at radius 3 is 2.45 bits per heavy atom. The Morgan fingerprint density at radius 2 is 1.68 bits per heavy atom. The minimum atomic E-state index is -1.04. The number of pyridine rings is 2. The lowest BCUT2D eigenvalue weighted by molar-refractivity contribution is 0.0917. The number of nitrogens with one attached hydrogen (secondary N) is 3. The minimum Gasteiger partial charge on any atom is -0.465 e. The number of rotatable bonds is 11. The molecule has 0 saturated heterocycles. The zero-order valence-corrected chi connectivity index (χ0v) is 28.5. The standard InChI is InChI=1S/C38H36F2N8O5/c39-26-9-14-33-45-32(22-46(33)21-26)35(49)44-28-10-12-29(13-11-28)48-36(50)31-18-27(40)20-43-34(31)47(38(48)53)30-4-1-3-25(17-30)24-7-5-23(6-8-24)19-41-15-2-16-42-37(51)52/h1,3-9,14,17-18,20-22,28-29,41-42H,2,10-13,15-16,19H2,(H,44,49)(H,51,52). The Morgan fingerprint density at radius 1 is 0.887 bits per heavy atom. The summed E-state index contributed by atoms with van der Waals surface area (Å²) in [4.78, 5) is 60.1. The van der Waals surface area contributed by atoms with Gasteiger partial charge in [-0.15, -0.1) is 0 Å². The van der Waals surface area contributed by atoms with Crippen molar-refractivity contribution in [2.75, 3.05) is 13.1 Å². The van der Waals surface area contributed by atoms with Gasteiger partial charge in [0.15, 0.2) is 5.65 Å². The van der Waals surface area contributed by atoms with Gasteiger partial charge in [-0.25, -0.2) is 32.9 Å². The summed E-state index contributed by atoms with van der Waals surface area (Å²) in [5.74, 6) is -1.56. The monoisotopic (exact) mass is 722 g/mol. The second kappa shape index (κ2) is 15.2. The van der Waals surface area contributed by atoms with Crippen LogP contribution in [0.4, 0.5) is 13.6 Å².